The van der Waals surface area contributed by atoms with Gasteiger partial charge < -0.3 is 9.88 Å². The van der Waals surface area contributed by atoms with Crippen molar-refractivity contribution >= 4 is 11.9 Å². The van der Waals surface area contributed by atoms with Crippen LogP contribution in [0.5, 0.6) is 0 Å². The summed E-state index contributed by atoms with van der Waals surface area (Å²) in [6.07, 6.45) is 8.43. The lowest BCUT2D eigenvalue weighted by atomic mass is 9.99. The Hall–Kier alpha value is -4.06. The monoisotopic (exact) mass is 421 g/mol. The van der Waals surface area contributed by atoms with Crippen molar-refractivity contribution in [3.05, 3.63) is 95.5 Å². The second-order valence-electron chi connectivity index (χ2n) is 8.06. The van der Waals surface area contributed by atoms with Crippen molar-refractivity contribution < 1.29 is 4.79 Å². The highest BCUT2D eigenvalue weighted by atomic mass is 16.1. The first kappa shape index (κ1) is 19.9. The first-order valence-electron chi connectivity index (χ1n) is 10.6. The van der Waals surface area contributed by atoms with E-state index in [-0.39, 0.29) is 12.3 Å². The molecule has 6 heteroatoms. The van der Waals surface area contributed by atoms with Crippen LogP contribution in [0.1, 0.15) is 33.0 Å². The maximum atomic E-state index is 12.4. The fourth-order valence-corrected chi connectivity index (χ4v) is 3.81. The number of rotatable bonds is 5. The van der Waals surface area contributed by atoms with Crippen molar-refractivity contribution in [1.29, 1.82) is 0 Å². The number of aromatic amines is 1. The van der Waals surface area contributed by atoms with Gasteiger partial charge in [-0.15, -0.1) is 0 Å². The molecule has 0 spiro atoms. The largest absolute Gasteiger partial charge is 0.364 e. The Morgan fingerprint density at radius 2 is 1.78 bits per heavy atom. The van der Waals surface area contributed by atoms with Crippen LogP contribution in [-0.2, 0) is 6.54 Å². The molecule has 0 aliphatic carbocycles. The number of ketones is 1. The maximum Gasteiger partial charge on any atom is 0.201 e. The molecule has 4 aromatic rings. The van der Waals surface area contributed by atoms with Gasteiger partial charge in [-0.1, -0.05) is 42.5 Å². The third-order valence-electron chi connectivity index (χ3n) is 5.81. The molecule has 5 rings (SSSR count). The van der Waals surface area contributed by atoms with Crippen LogP contribution in [-0.4, -0.2) is 37.2 Å². The molecule has 0 saturated carbocycles. The fourth-order valence-electron chi connectivity index (χ4n) is 3.81. The quantitative estimate of drug-likeness (QED) is 0.468. The van der Waals surface area contributed by atoms with Gasteiger partial charge in [0, 0.05) is 24.2 Å². The number of nitrogens with one attached hydrogen (secondary N) is 1. The number of aromatic nitrogens is 4. The Labute approximate surface area is 186 Å². The molecule has 1 N–H and O–H groups in total. The maximum absolute atomic E-state index is 12.4. The lowest BCUT2D eigenvalue weighted by Crippen LogP contribution is -2.27. The number of imidazole rings is 1. The normalized spacial score (nSPS) is 12.6. The fraction of sp³-hybridized carbons (Fsp3) is 0.154. The number of carbonyl (C=O) groups excluding carboxylic acids is 1. The highest BCUT2D eigenvalue weighted by Gasteiger charge is 2.19. The molecule has 0 amide bonds. The summed E-state index contributed by atoms with van der Waals surface area (Å²) in [5.74, 6) is 0.765. The molecule has 3 heterocycles. The molecule has 1 aliphatic heterocycles. The van der Waals surface area contributed by atoms with Gasteiger partial charge in [0.05, 0.1) is 30.7 Å². The summed E-state index contributed by atoms with van der Waals surface area (Å²) >= 11 is 0. The van der Waals surface area contributed by atoms with Crippen LogP contribution in [0.15, 0.2) is 67.3 Å². The van der Waals surface area contributed by atoms with E-state index in [1.54, 1.807) is 6.20 Å². The van der Waals surface area contributed by atoms with Gasteiger partial charge in [-0.3, -0.25) is 9.78 Å². The van der Waals surface area contributed by atoms with E-state index in [0.717, 1.165) is 22.8 Å². The van der Waals surface area contributed by atoms with E-state index in [4.69, 9.17) is 4.98 Å². The van der Waals surface area contributed by atoms with Gasteiger partial charge in [0.1, 0.15) is 11.5 Å². The van der Waals surface area contributed by atoms with Gasteiger partial charge in [0.15, 0.2) is 0 Å². The zero-order chi connectivity index (χ0) is 22.1. The number of hydrogen-bond donors (Lipinski definition) is 1. The van der Waals surface area contributed by atoms with Gasteiger partial charge >= 0.3 is 0 Å². The number of carbonyl (C=O) groups is 1. The Morgan fingerprint density at radius 3 is 2.53 bits per heavy atom. The predicted octanol–water partition coefficient (Wildman–Crippen LogP) is 4.82. The molecule has 0 bridgehead atoms. The molecule has 32 heavy (non-hydrogen) atoms. The Morgan fingerprint density at radius 1 is 1.00 bits per heavy atom. The van der Waals surface area contributed by atoms with E-state index >= 15 is 0 Å². The van der Waals surface area contributed by atoms with E-state index < -0.39 is 0 Å². The number of Topliss-reactive ketones (excluding diaryl/α,β-unsaturated/α-hetero) is 1. The van der Waals surface area contributed by atoms with Crippen molar-refractivity contribution in [2.75, 3.05) is 6.54 Å². The first-order chi connectivity index (χ1) is 15.6. The van der Waals surface area contributed by atoms with Crippen LogP contribution in [0.25, 0.3) is 28.6 Å². The third-order valence-corrected chi connectivity index (χ3v) is 5.81. The third kappa shape index (κ3) is 3.95. The summed E-state index contributed by atoms with van der Waals surface area (Å²) < 4.78 is 0. The first-order valence-corrected chi connectivity index (χ1v) is 10.6. The number of nitrogens with zero attached hydrogens (tertiary/aromatic N) is 4. The van der Waals surface area contributed by atoms with Gasteiger partial charge in [0.2, 0.25) is 5.78 Å². The Balaban J connectivity index is 1.31. The van der Waals surface area contributed by atoms with Crippen molar-refractivity contribution in [2.45, 2.75) is 20.4 Å². The average Bonchev–Trinajstić information content (AvgIpc) is 3.25. The van der Waals surface area contributed by atoms with Crippen molar-refractivity contribution in [2.24, 2.45) is 0 Å². The van der Waals surface area contributed by atoms with Crippen molar-refractivity contribution in [1.82, 2.24) is 24.8 Å². The Bertz CT molecular complexity index is 1310. The van der Waals surface area contributed by atoms with E-state index in [1.165, 1.54) is 34.6 Å². The van der Waals surface area contributed by atoms with Crippen LogP contribution >= 0.6 is 0 Å². The zero-order valence-corrected chi connectivity index (χ0v) is 18.0. The minimum absolute atomic E-state index is 0.0622. The lowest BCUT2D eigenvalue weighted by molar-refractivity contribution is 0.0947. The smallest absolute Gasteiger partial charge is 0.201 e. The molecular weight excluding hydrogens is 398 g/mol. The minimum atomic E-state index is -0.0622. The number of benzene rings is 2. The predicted molar refractivity (Wildman–Crippen MR) is 125 cm³/mol. The molecule has 0 unspecified atom stereocenters. The highest BCUT2D eigenvalue weighted by Crippen LogP contribution is 2.27. The molecule has 0 fully saturated rings. The van der Waals surface area contributed by atoms with Crippen LogP contribution < -0.4 is 0 Å². The second kappa shape index (κ2) is 8.23. The second-order valence-corrected chi connectivity index (χ2v) is 8.06. The molecular formula is C26H23N5O. The molecule has 2 aromatic carbocycles. The summed E-state index contributed by atoms with van der Waals surface area (Å²) in [6.45, 7) is 5.10. The molecule has 2 aromatic heterocycles. The molecule has 0 radical (unpaired) electrons. The molecule has 158 valence electrons. The van der Waals surface area contributed by atoms with Gasteiger partial charge in [-0.25, -0.2) is 9.97 Å². The van der Waals surface area contributed by atoms with E-state index in [9.17, 15) is 4.79 Å². The zero-order valence-electron chi connectivity index (χ0n) is 18.0. The molecule has 0 atom stereocenters. The van der Waals surface area contributed by atoms with Crippen LogP contribution in [0, 0.1) is 13.8 Å². The van der Waals surface area contributed by atoms with Gasteiger partial charge in [-0.2, -0.15) is 0 Å². The molecule has 1 aliphatic rings. The highest BCUT2D eigenvalue weighted by molar-refractivity contribution is 5.95. The van der Waals surface area contributed by atoms with Gasteiger partial charge in [-0.05, 0) is 42.2 Å². The number of hydrogen-bond acceptors (Lipinski definition) is 5. The topological polar surface area (TPSA) is 74.8 Å². The van der Waals surface area contributed by atoms with Crippen LogP contribution in [0.2, 0.25) is 0 Å². The number of fused-ring (bicyclic) bond motifs is 1. The summed E-state index contributed by atoms with van der Waals surface area (Å²) in [5.41, 5.74) is 8.29. The summed E-state index contributed by atoms with van der Waals surface area (Å²) in [6, 6.07) is 15.0. The van der Waals surface area contributed by atoms with Crippen LogP contribution in [0.3, 0.4) is 0 Å². The van der Waals surface area contributed by atoms with E-state index in [1.807, 2.05) is 17.2 Å². The molecule has 0 saturated heterocycles. The molecule has 6 nitrogen and oxygen atoms in total. The SMILES string of the molecule is Cc1ccc(-c2ccc(-c3nc4c([nH]3)CN(CC(=O)c3cnccn3)C=C4)cc2)cc1C. The summed E-state index contributed by atoms with van der Waals surface area (Å²) in [4.78, 5) is 30.6. The minimum Gasteiger partial charge on any atom is -0.364 e. The number of aryl methyl sites for hydroxylation is 2. The Kier molecular flexibility index (Phi) is 5.11. The van der Waals surface area contributed by atoms with Crippen molar-refractivity contribution in [3.8, 4) is 22.5 Å². The lowest BCUT2D eigenvalue weighted by Gasteiger charge is -2.21. The van der Waals surface area contributed by atoms with E-state index in [0.29, 0.717) is 12.2 Å². The van der Waals surface area contributed by atoms with E-state index in [2.05, 4.69) is 71.3 Å². The van der Waals surface area contributed by atoms with Crippen molar-refractivity contribution in [3.63, 3.8) is 0 Å². The summed E-state index contributed by atoms with van der Waals surface area (Å²) in [7, 11) is 0. The van der Waals surface area contributed by atoms with Gasteiger partial charge in [0.25, 0.3) is 0 Å². The summed E-state index contributed by atoms with van der Waals surface area (Å²) in [5, 5.41) is 0. The average molecular weight is 422 g/mol. The standard InChI is InChI=1S/C26H23N5O/c1-17-3-4-21(13-18(17)2)19-5-7-20(8-6-19)26-29-22-9-12-31(15-24(22)30-26)16-25(32)23-14-27-10-11-28-23/h3-14H,15-16H2,1-2H3,(H,29,30). The number of H-pyrrole nitrogens is 1. The van der Waals surface area contributed by atoms with Crippen LogP contribution in [0.4, 0.5) is 0 Å².